The molecule has 0 unspecified atom stereocenters. The molecule has 3 aromatic rings. The van der Waals surface area contributed by atoms with Crippen LogP contribution in [0.4, 0.5) is 0 Å². The zero-order valence-corrected chi connectivity index (χ0v) is 18.1. The van der Waals surface area contributed by atoms with E-state index in [1.807, 2.05) is 17.4 Å². The van der Waals surface area contributed by atoms with Crippen LogP contribution in [0.1, 0.15) is 56.2 Å². The van der Waals surface area contributed by atoms with Gasteiger partial charge < -0.3 is 0 Å². The minimum Gasteiger partial charge on any atom is -0.293 e. The van der Waals surface area contributed by atoms with Crippen molar-refractivity contribution < 1.29 is 0 Å². The Hall–Kier alpha value is -1.72. The third-order valence-corrected chi connectivity index (χ3v) is 7.33. The van der Waals surface area contributed by atoms with Gasteiger partial charge in [0.15, 0.2) is 10.6 Å². The number of nitrogens with one attached hydrogen (secondary N) is 1. The number of H-pyrrole nitrogens is 1. The van der Waals surface area contributed by atoms with E-state index in [1.54, 1.807) is 0 Å². The van der Waals surface area contributed by atoms with Crippen molar-refractivity contribution in [2.24, 2.45) is 11.3 Å². The summed E-state index contributed by atoms with van der Waals surface area (Å²) in [6.07, 6.45) is 3.57. The molecule has 1 aromatic carbocycles. The Labute approximate surface area is 170 Å². The first-order valence-corrected chi connectivity index (χ1v) is 11.0. The van der Waals surface area contributed by atoms with Crippen LogP contribution in [0.15, 0.2) is 35.7 Å². The molecular weight excluding hydrogens is 370 g/mol. The zero-order valence-electron chi connectivity index (χ0n) is 16.5. The number of thiophene rings is 1. The summed E-state index contributed by atoms with van der Waals surface area (Å²) in [5, 5.41) is 9.96. The van der Waals surface area contributed by atoms with E-state index in [9.17, 15) is 0 Å². The fraction of sp³-hybridized carbons (Fsp3) is 0.455. The SMILES string of the molecule is C[C@@H](c1ccccc1)n1c(-c2csc3c2CC[C@@H](C(C)(C)C)C3)n[nH]c1=S. The number of rotatable bonds is 3. The Kier molecular flexibility index (Phi) is 4.85. The Morgan fingerprint density at radius 3 is 2.70 bits per heavy atom. The van der Waals surface area contributed by atoms with Gasteiger partial charge >= 0.3 is 0 Å². The first-order chi connectivity index (χ1) is 12.9. The van der Waals surface area contributed by atoms with Crippen molar-refractivity contribution >= 4 is 23.6 Å². The molecule has 5 heteroatoms. The normalized spacial score (nSPS) is 18.3. The second-order valence-electron chi connectivity index (χ2n) is 8.67. The Bertz CT molecular complexity index is 989. The van der Waals surface area contributed by atoms with Gasteiger partial charge in [-0.25, -0.2) is 0 Å². The summed E-state index contributed by atoms with van der Waals surface area (Å²) in [7, 11) is 0. The van der Waals surface area contributed by atoms with Crippen LogP contribution >= 0.6 is 23.6 Å². The lowest BCUT2D eigenvalue weighted by molar-refractivity contribution is 0.218. The quantitative estimate of drug-likeness (QED) is 0.517. The van der Waals surface area contributed by atoms with Crippen LogP contribution in [0.2, 0.25) is 0 Å². The Morgan fingerprint density at radius 1 is 1.26 bits per heavy atom. The largest absolute Gasteiger partial charge is 0.293 e. The monoisotopic (exact) mass is 397 g/mol. The highest BCUT2D eigenvalue weighted by Gasteiger charge is 2.31. The fourth-order valence-electron chi connectivity index (χ4n) is 4.17. The molecule has 2 heterocycles. The highest BCUT2D eigenvalue weighted by Crippen LogP contribution is 2.43. The highest BCUT2D eigenvalue weighted by atomic mass is 32.1. The minimum absolute atomic E-state index is 0.147. The molecule has 0 spiro atoms. The van der Waals surface area contributed by atoms with Gasteiger partial charge in [-0.3, -0.25) is 9.67 Å². The lowest BCUT2D eigenvalue weighted by atomic mass is 9.72. The second kappa shape index (κ2) is 7.02. The van der Waals surface area contributed by atoms with Crippen LogP contribution < -0.4 is 0 Å². The lowest BCUT2D eigenvalue weighted by Crippen LogP contribution is -2.26. The molecule has 0 bridgehead atoms. The van der Waals surface area contributed by atoms with Gasteiger partial charge in [0.25, 0.3) is 0 Å². The molecular formula is C22H27N3S2. The molecule has 0 saturated heterocycles. The summed E-state index contributed by atoms with van der Waals surface area (Å²) >= 11 is 7.48. The molecule has 2 aromatic heterocycles. The lowest BCUT2D eigenvalue weighted by Gasteiger charge is -2.34. The van der Waals surface area contributed by atoms with Crippen molar-refractivity contribution in [1.29, 1.82) is 0 Å². The molecule has 0 radical (unpaired) electrons. The van der Waals surface area contributed by atoms with E-state index >= 15 is 0 Å². The average molecular weight is 398 g/mol. The topological polar surface area (TPSA) is 33.6 Å². The van der Waals surface area contributed by atoms with E-state index in [4.69, 9.17) is 12.2 Å². The molecule has 0 aliphatic heterocycles. The Morgan fingerprint density at radius 2 is 2.00 bits per heavy atom. The summed E-state index contributed by atoms with van der Waals surface area (Å²) in [4.78, 5) is 1.53. The summed E-state index contributed by atoms with van der Waals surface area (Å²) < 4.78 is 2.85. The van der Waals surface area contributed by atoms with Gasteiger partial charge in [0.2, 0.25) is 0 Å². The molecule has 27 heavy (non-hydrogen) atoms. The van der Waals surface area contributed by atoms with E-state index in [1.165, 1.54) is 34.4 Å². The summed E-state index contributed by atoms with van der Waals surface area (Å²) in [5.74, 6) is 1.73. The van der Waals surface area contributed by atoms with Crippen molar-refractivity contribution in [2.75, 3.05) is 0 Å². The molecule has 0 saturated carbocycles. The van der Waals surface area contributed by atoms with Gasteiger partial charge in [-0.05, 0) is 60.9 Å². The van der Waals surface area contributed by atoms with Crippen molar-refractivity contribution in [3.8, 4) is 11.4 Å². The van der Waals surface area contributed by atoms with Crippen LogP contribution in [-0.4, -0.2) is 14.8 Å². The van der Waals surface area contributed by atoms with E-state index < -0.39 is 0 Å². The minimum atomic E-state index is 0.147. The van der Waals surface area contributed by atoms with Crippen molar-refractivity contribution in [3.05, 3.63) is 56.5 Å². The number of hydrogen-bond donors (Lipinski definition) is 1. The third-order valence-electron chi connectivity index (χ3n) is 5.99. The number of hydrogen-bond acceptors (Lipinski definition) is 3. The van der Waals surface area contributed by atoms with Crippen molar-refractivity contribution in [3.63, 3.8) is 0 Å². The van der Waals surface area contributed by atoms with E-state index in [0.29, 0.717) is 10.2 Å². The second-order valence-corrected chi connectivity index (χ2v) is 10.0. The molecule has 0 amide bonds. The van der Waals surface area contributed by atoms with Gasteiger partial charge in [-0.15, -0.1) is 11.3 Å². The summed E-state index contributed by atoms with van der Waals surface area (Å²) in [6.45, 7) is 9.29. The first-order valence-electron chi connectivity index (χ1n) is 9.67. The van der Waals surface area contributed by atoms with Crippen LogP contribution in [0.25, 0.3) is 11.4 Å². The number of fused-ring (bicyclic) bond motifs is 1. The third kappa shape index (κ3) is 3.43. The summed E-state index contributed by atoms with van der Waals surface area (Å²) in [5.41, 5.74) is 4.35. The predicted molar refractivity (Wildman–Crippen MR) is 116 cm³/mol. The van der Waals surface area contributed by atoms with E-state index in [2.05, 4.69) is 72.1 Å². The van der Waals surface area contributed by atoms with Crippen molar-refractivity contribution in [2.45, 2.75) is 53.0 Å². The maximum absolute atomic E-state index is 5.59. The average Bonchev–Trinajstić information content (AvgIpc) is 3.23. The van der Waals surface area contributed by atoms with Gasteiger partial charge in [0.05, 0.1) is 6.04 Å². The van der Waals surface area contributed by atoms with Gasteiger partial charge in [-0.1, -0.05) is 51.1 Å². The van der Waals surface area contributed by atoms with Crippen LogP contribution in [0, 0.1) is 16.1 Å². The fourth-order valence-corrected chi connectivity index (χ4v) is 5.62. The maximum atomic E-state index is 5.59. The number of aromatic amines is 1. The van der Waals surface area contributed by atoms with E-state index in [0.717, 1.165) is 18.2 Å². The van der Waals surface area contributed by atoms with Gasteiger partial charge in [0, 0.05) is 15.8 Å². The molecule has 1 aliphatic carbocycles. The molecule has 0 fully saturated rings. The maximum Gasteiger partial charge on any atom is 0.196 e. The molecule has 2 atom stereocenters. The molecule has 3 nitrogen and oxygen atoms in total. The number of benzene rings is 1. The van der Waals surface area contributed by atoms with Crippen LogP contribution in [-0.2, 0) is 12.8 Å². The van der Waals surface area contributed by atoms with Crippen LogP contribution in [0.3, 0.4) is 0 Å². The standard InChI is InChI=1S/C22H27N3S2/c1-14(15-8-6-5-7-9-15)25-20(23-24-21(25)26)18-13-27-19-12-16(22(2,3)4)10-11-17(18)19/h5-9,13-14,16H,10-12H2,1-4H3,(H,24,26)/t14-,16+/m0/s1. The smallest absolute Gasteiger partial charge is 0.196 e. The molecule has 4 rings (SSSR count). The van der Waals surface area contributed by atoms with Crippen molar-refractivity contribution in [1.82, 2.24) is 14.8 Å². The van der Waals surface area contributed by atoms with Gasteiger partial charge in [0.1, 0.15) is 0 Å². The summed E-state index contributed by atoms with van der Waals surface area (Å²) in [6, 6.07) is 10.7. The number of nitrogens with zero attached hydrogens (tertiary/aromatic N) is 2. The van der Waals surface area contributed by atoms with Gasteiger partial charge in [-0.2, -0.15) is 5.10 Å². The van der Waals surface area contributed by atoms with E-state index in [-0.39, 0.29) is 6.04 Å². The zero-order chi connectivity index (χ0) is 19.2. The molecule has 1 aliphatic rings. The number of aromatic nitrogens is 3. The first kappa shape index (κ1) is 18.6. The highest BCUT2D eigenvalue weighted by molar-refractivity contribution is 7.71. The van der Waals surface area contributed by atoms with Crippen LogP contribution in [0.5, 0.6) is 0 Å². The Balaban J connectivity index is 1.73. The predicted octanol–water partition coefficient (Wildman–Crippen LogP) is 6.43. The molecule has 142 valence electrons. The molecule has 1 N–H and O–H groups in total.